The van der Waals surface area contributed by atoms with Crippen molar-refractivity contribution < 1.29 is 125 Å². The quantitative estimate of drug-likeness (QED) is 0.0248. The van der Waals surface area contributed by atoms with E-state index in [1.807, 2.05) is 37.5 Å². The first kappa shape index (κ1) is 105. The molecule has 0 unspecified atom stereocenters. The van der Waals surface area contributed by atoms with Gasteiger partial charge in [-0.1, -0.05) is 42.5 Å². The van der Waals surface area contributed by atoms with Crippen LogP contribution in [0, 0.1) is 11.3 Å². The summed E-state index contributed by atoms with van der Waals surface area (Å²) in [6.45, 7) is 10.3. The Labute approximate surface area is 828 Å². The molecule has 10 amide bonds. The van der Waals surface area contributed by atoms with Crippen LogP contribution >= 0.6 is 0 Å². The number of carbonyl (C=O) groups is 9. The van der Waals surface area contributed by atoms with Gasteiger partial charge in [0.2, 0.25) is 23.8 Å². The number of imidazole rings is 4. The molecule has 6 aliphatic heterocycles. The van der Waals surface area contributed by atoms with Gasteiger partial charge in [-0.3, -0.25) is 59.6 Å². The summed E-state index contributed by atoms with van der Waals surface area (Å²) in [6, 6.07) is 38.7. The van der Waals surface area contributed by atoms with Crippen molar-refractivity contribution in [3.05, 3.63) is 208 Å². The number of alkyl halides is 9. The number of rotatable bonds is 26. The minimum absolute atomic E-state index is 0.00957. The lowest BCUT2D eigenvalue weighted by Crippen LogP contribution is -2.44. The molecule has 0 spiro atoms. The number of piperidine rings is 1. The number of benzene rings is 8. The fourth-order valence-corrected chi connectivity index (χ4v) is 19.0. The Kier molecular flexibility index (Phi) is 33.8. The van der Waals surface area contributed by atoms with E-state index in [1.165, 1.54) is 77.7 Å². The molecule has 0 aliphatic carbocycles. The highest BCUT2D eigenvalue weighted by atomic mass is 32.2. The number of aryl methyl sites for hydroxylation is 2. The van der Waals surface area contributed by atoms with Crippen LogP contribution in [0.4, 0.5) is 90.9 Å². The van der Waals surface area contributed by atoms with Gasteiger partial charge < -0.3 is 82.0 Å². The van der Waals surface area contributed by atoms with E-state index in [-0.39, 0.29) is 180 Å². The van der Waals surface area contributed by atoms with Crippen molar-refractivity contribution in [3.63, 3.8) is 0 Å². The molecular formula is C99H102F9N19O18S. The lowest BCUT2D eigenvalue weighted by Gasteiger charge is -2.33. The summed E-state index contributed by atoms with van der Waals surface area (Å²) in [7, 11) is -3.13. The van der Waals surface area contributed by atoms with E-state index >= 15 is 0 Å². The normalized spacial score (nSPS) is 16.0. The van der Waals surface area contributed by atoms with Crippen molar-refractivity contribution in [2.45, 2.75) is 116 Å². The minimum Gasteiger partial charge on any atom is -0.489 e. The maximum atomic E-state index is 13.2. The molecule has 37 nitrogen and oxygen atoms in total. The van der Waals surface area contributed by atoms with Gasteiger partial charge in [0.15, 0.2) is 0 Å². The molecule has 6 saturated heterocycles. The Balaban J connectivity index is 0.000000146. The van der Waals surface area contributed by atoms with Crippen LogP contribution in [0.2, 0.25) is 0 Å². The van der Waals surface area contributed by atoms with Crippen molar-refractivity contribution in [3.8, 4) is 11.8 Å². The summed E-state index contributed by atoms with van der Waals surface area (Å²) in [5, 5.41) is 42.0. The first-order valence-electron chi connectivity index (χ1n) is 46.8. The van der Waals surface area contributed by atoms with E-state index < -0.39 is 64.5 Å². The maximum absolute atomic E-state index is 13.2. The van der Waals surface area contributed by atoms with Crippen LogP contribution in [-0.2, 0) is 67.2 Å². The number of hydrogen-bond donors (Lipinski definition) is 7. The number of morpholine rings is 4. The van der Waals surface area contributed by atoms with Gasteiger partial charge in [0, 0.05) is 141 Å². The van der Waals surface area contributed by atoms with E-state index in [1.54, 1.807) is 75.8 Å². The maximum Gasteiger partial charge on any atom is 0.416 e. The Morgan fingerprint density at radius 3 is 1.25 bits per heavy atom. The van der Waals surface area contributed by atoms with Crippen LogP contribution in [-0.4, -0.2) is 245 Å². The van der Waals surface area contributed by atoms with E-state index in [0.717, 1.165) is 35.8 Å². The molecule has 0 bridgehead atoms. The highest BCUT2D eigenvalue weighted by molar-refractivity contribution is 7.91. The Morgan fingerprint density at radius 1 is 0.473 bits per heavy atom. The van der Waals surface area contributed by atoms with Crippen LogP contribution in [0.5, 0.6) is 5.75 Å². The number of nitriles is 1. The number of sulfone groups is 1. The van der Waals surface area contributed by atoms with E-state index in [9.17, 15) is 107 Å². The summed E-state index contributed by atoms with van der Waals surface area (Å²) in [4.78, 5) is 140. The number of aliphatic hydroxyl groups excluding tert-OH is 2. The van der Waals surface area contributed by atoms with Crippen LogP contribution < -0.4 is 50.9 Å². The summed E-state index contributed by atoms with van der Waals surface area (Å²) < 4.78 is 176. The third kappa shape index (κ3) is 24.8. The lowest BCUT2D eigenvalue weighted by atomic mass is 10.0. The van der Waals surface area contributed by atoms with Gasteiger partial charge in [-0.15, -0.1) is 0 Å². The molecule has 4 aromatic heterocycles. The van der Waals surface area contributed by atoms with Crippen molar-refractivity contribution >= 4 is 154 Å². The molecule has 0 radical (unpaired) electrons. The van der Waals surface area contributed by atoms with Gasteiger partial charge in [0.05, 0.1) is 111 Å². The number of nitrogens with one attached hydrogen (secondary N) is 5. The van der Waals surface area contributed by atoms with E-state index in [2.05, 4.69) is 47.6 Å². The number of aromatic nitrogens is 8. The van der Waals surface area contributed by atoms with Crippen LogP contribution in [0.3, 0.4) is 0 Å². The number of likely N-dealkylation sites (tertiary alicyclic amines) is 1. The molecule has 0 atom stereocenters. The van der Waals surface area contributed by atoms with Crippen LogP contribution in [0.25, 0.3) is 44.1 Å². The Bertz CT molecular complexity index is 7050. The largest absolute Gasteiger partial charge is 0.489 e. The minimum atomic E-state index is -4.61. The molecule has 7 N–H and O–H groups in total. The zero-order valence-electron chi connectivity index (χ0n) is 79.1. The number of carbonyl (C=O) groups excluding carboxylic acids is 9. The second kappa shape index (κ2) is 46.8. The number of amides is 10. The molecule has 6 fully saturated rings. The molecule has 6 aliphatic rings. The Morgan fingerprint density at radius 2 is 0.849 bits per heavy atom. The SMILES string of the molecule is CC(C)Oc1cc2c(cc1N1CCOCC1=O)nc(NC(=O)c1cccc(C(F)F)c1)n2CCCO.CCNC(=O)N1CCC(n2c(NC(=O)c3cccc(C(F)F)c3)nc3cc(N4CCOCC4=O)ccc32)CC1.N#Cc1cc2c(cc1N1CCOCC1=O)nc(NC(=O)c1cccc(C(F)(F)F)c1)n2CCCO.O=C(Nc1nc2cc(N3CCOCC3=O)ccc2n1C1CCS(=O)(=O)CC1)c1cccc(C(F)F)c1. The fraction of sp³-hybridized carbons (Fsp3) is 0.374. The topological polar surface area (TPSA) is 446 Å². The second-order valence-corrected chi connectivity index (χ2v) is 37.0. The van der Waals surface area contributed by atoms with Gasteiger partial charge >= 0.3 is 12.2 Å². The van der Waals surface area contributed by atoms with Crippen molar-refractivity contribution in [2.24, 2.45) is 0 Å². The van der Waals surface area contributed by atoms with Crippen LogP contribution in [0.15, 0.2) is 158 Å². The third-order valence-corrected chi connectivity index (χ3v) is 26.4. The molecule has 12 aromatic rings. The summed E-state index contributed by atoms with van der Waals surface area (Å²) >= 11 is 0. The summed E-state index contributed by atoms with van der Waals surface area (Å²) in [5.41, 5.74) is 5.12. The van der Waals surface area contributed by atoms with Crippen LogP contribution in [0.1, 0.15) is 160 Å². The smallest absolute Gasteiger partial charge is 0.416 e. The molecule has 18 rings (SSSR count). The number of hydrogen-bond acceptors (Lipinski definition) is 23. The summed E-state index contributed by atoms with van der Waals surface area (Å²) in [5.74, 6) is -2.23. The number of urea groups is 1. The monoisotopic (exact) mass is 2050 g/mol. The van der Waals surface area contributed by atoms with Gasteiger partial charge in [-0.05, 0) is 168 Å². The molecule has 146 heavy (non-hydrogen) atoms. The third-order valence-electron chi connectivity index (χ3n) is 24.6. The molecule has 8 aromatic carbocycles. The highest BCUT2D eigenvalue weighted by Crippen LogP contribution is 2.42. The van der Waals surface area contributed by atoms with E-state index in [4.69, 9.17) is 28.7 Å². The first-order chi connectivity index (χ1) is 70.1. The number of anilines is 8. The molecule has 0 saturated carbocycles. The predicted molar refractivity (Wildman–Crippen MR) is 519 cm³/mol. The van der Waals surface area contributed by atoms with Gasteiger partial charge in [0.25, 0.3) is 66.5 Å². The number of aliphatic hydroxyl groups is 2. The van der Waals surface area contributed by atoms with Gasteiger partial charge in [-0.25, -0.2) is 59.5 Å². The molecule has 47 heteroatoms. The van der Waals surface area contributed by atoms with Gasteiger partial charge in [0.1, 0.15) is 48.1 Å². The van der Waals surface area contributed by atoms with Crippen molar-refractivity contribution in [2.75, 3.05) is 164 Å². The first-order valence-corrected chi connectivity index (χ1v) is 48.6. The van der Waals surface area contributed by atoms with E-state index in [0.29, 0.717) is 178 Å². The Hall–Kier alpha value is -15.0. The molecule has 770 valence electrons. The summed E-state index contributed by atoms with van der Waals surface area (Å²) in [6.07, 6.45) is -10.2. The van der Waals surface area contributed by atoms with Crippen molar-refractivity contribution in [1.29, 1.82) is 5.26 Å². The average molecular weight is 2050 g/mol. The zero-order chi connectivity index (χ0) is 104. The van der Waals surface area contributed by atoms with Gasteiger partial charge in [-0.2, -0.15) is 18.4 Å². The predicted octanol–water partition coefficient (Wildman–Crippen LogP) is 14.0. The fourth-order valence-electron chi connectivity index (χ4n) is 17.5. The average Bonchev–Trinajstić information content (AvgIpc) is 1.61. The number of ether oxygens (including phenoxy) is 5. The number of fused-ring (bicyclic) bond motifs is 4. The number of halogens is 9. The highest BCUT2D eigenvalue weighted by Gasteiger charge is 2.37. The standard InChI is InChI=1S/C27H30F2N6O4.C25H28F2N4O5.C24H24F2N4O5S.C23H20F3N5O4/c1-2-30-27(38)33-10-8-19(9-11-33)35-22-7-6-20(34-12-13-39-16-23(34)36)15-21(22)31-26(35)32-25(37)18-5-3-4-17(14-18)24(28)29;1-15(2)36-21-13-19-18(12-20(21)30-8-10-35-14-22(30)33)28-25(31(19)7-4-9-32)29-24(34)17-6-3-5-16(11-17)23(26)27;25-22(26)15-2-1-3-16(12-15)23(32)28-24-27-19-13-18(29-8-9-35-14-21(29)31)4-5-20(19)30(24)17-6-10-36(33,34)11-7-17;24-23(25,26)16-4-1-3-14(9-16)21(34)29-22-28-17-11-18(30-6-8-35-13-20(30)33)15(12-27)10-19(17)31(22)5-2-7-32/h3-7,14-15,19,24H,2,8-13,16H2,1H3,(H,30,38)(H,31,32,37);3,5-6,11-13,15,23,32H,4,7-10,14H2,1-2H3,(H,28,29,34);1-5,12-13,17,22H,6-11,14H2,(H,27,28,32);1,3-4,9-11,32H,2,5-8,13H2,(H,28,29,34). The lowest BCUT2D eigenvalue weighted by molar-refractivity contribution is -0.137. The zero-order valence-corrected chi connectivity index (χ0v) is 79.9. The second-order valence-electron chi connectivity index (χ2n) is 34.7. The number of nitrogens with zero attached hydrogens (tertiary/aromatic N) is 14. The molecule has 10 heterocycles. The molecular weight excluding hydrogens is 1950 g/mol. The van der Waals surface area contributed by atoms with Crippen molar-refractivity contribution in [1.82, 2.24) is 48.4 Å².